The molecule has 2 aromatic rings. The molecule has 150 valence electrons. The van der Waals surface area contributed by atoms with Gasteiger partial charge >= 0.3 is 0 Å². The van der Waals surface area contributed by atoms with Gasteiger partial charge in [0.2, 0.25) is 5.78 Å². The number of hydrogen-bond acceptors (Lipinski definition) is 6. The molecule has 0 saturated carbocycles. The lowest BCUT2D eigenvalue weighted by Gasteiger charge is -2.33. The second kappa shape index (κ2) is 8.58. The molecule has 0 unspecified atom stereocenters. The highest BCUT2D eigenvalue weighted by Gasteiger charge is 2.28. The van der Waals surface area contributed by atoms with Gasteiger partial charge in [0, 0.05) is 38.8 Å². The number of hydrogen-bond donors (Lipinski definition) is 1. The van der Waals surface area contributed by atoms with Crippen LogP contribution >= 0.6 is 0 Å². The molecule has 1 aliphatic rings. The van der Waals surface area contributed by atoms with Gasteiger partial charge < -0.3 is 19.5 Å². The first-order valence-corrected chi connectivity index (χ1v) is 9.13. The summed E-state index contributed by atoms with van der Waals surface area (Å²) in [5.74, 6) is -0.938. The molecule has 1 fully saturated rings. The second-order valence-electron chi connectivity index (χ2n) is 6.87. The summed E-state index contributed by atoms with van der Waals surface area (Å²) in [5, 5.41) is 11.0. The van der Waals surface area contributed by atoms with E-state index < -0.39 is 11.6 Å². The number of carbonyl (C=O) groups excluding carboxylic acids is 1. The Hall–Kier alpha value is -2.64. The molecule has 0 radical (unpaired) electrons. The number of phenolic OH excluding ortho intramolecular Hbond substituents is 1. The van der Waals surface area contributed by atoms with Gasteiger partial charge in [0.15, 0.2) is 0 Å². The van der Waals surface area contributed by atoms with E-state index in [1.807, 2.05) is 0 Å². The molecule has 0 aliphatic carbocycles. The monoisotopic (exact) mass is 388 g/mol. The molecule has 28 heavy (non-hydrogen) atoms. The van der Waals surface area contributed by atoms with Gasteiger partial charge in [0.05, 0.1) is 25.3 Å². The first-order valence-electron chi connectivity index (χ1n) is 9.13. The Morgan fingerprint density at radius 1 is 1.11 bits per heavy atom. The van der Waals surface area contributed by atoms with Crippen LogP contribution in [0.25, 0.3) is 0 Å². The van der Waals surface area contributed by atoms with Gasteiger partial charge in [0.1, 0.15) is 28.6 Å². The van der Waals surface area contributed by atoms with E-state index in [0.29, 0.717) is 17.9 Å². The van der Waals surface area contributed by atoms with Gasteiger partial charge in [0.25, 0.3) is 0 Å². The Labute approximate surface area is 164 Å². The Bertz CT molecular complexity index is 864. The van der Waals surface area contributed by atoms with Crippen LogP contribution in [0.2, 0.25) is 0 Å². The molecule has 0 atom stereocenters. The number of nitrogens with zero attached hydrogens (tertiary/aromatic N) is 2. The number of ether oxygens (including phenoxy) is 2. The van der Waals surface area contributed by atoms with Crippen LogP contribution in [0.15, 0.2) is 30.3 Å². The second-order valence-corrected chi connectivity index (χ2v) is 6.87. The van der Waals surface area contributed by atoms with Crippen molar-refractivity contribution in [2.24, 2.45) is 0 Å². The van der Waals surface area contributed by atoms with E-state index in [2.05, 4.69) is 16.8 Å². The third-order valence-electron chi connectivity index (χ3n) is 5.09. The lowest BCUT2D eigenvalue weighted by Crippen LogP contribution is -2.43. The highest BCUT2D eigenvalue weighted by Crippen LogP contribution is 2.40. The van der Waals surface area contributed by atoms with Gasteiger partial charge in [-0.3, -0.25) is 9.69 Å². The maximum absolute atomic E-state index is 14.2. The topological polar surface area (TPSA) is 62.2 Å². The third kappa shape index (κ3) is 3.95. The van der Waals surface area contributed by atoms with Crippen LogP contribution in [0.5, 0.6) is 17.2 Å². The molecule has 7 heteroatoms. The molecule has 0 amide bonds. The zero-order chi connectivity index (χ0) is 20.3. The lowest BCUT2D eigenvalue weighted by atomic mass is 9.97. The largest absolute Gasteiger partial charge is 0.507 e. The number of aromatic hydroxyl groups is 1. The first-order chi connectivity index (χ1) is 13.5. The molecule has 0 aromatic heterocycles. The van der Waals surface area contributed by atoms with Gasteiger partial charge in [-0.15, -0.1) is 0 Å². The summed E-state index contributed by atoms with van der Waals surface area (Å²) in [6.45, 7) is 3.92. The van der Waals surface area contributed by atoms with E-state index in [1.54, 1.807) is 12.1 Å². The Kier molecular flexibility index (Phi) is 6.16. The Balaban J connectivity index is 2.04. The number of halogens is 1. The van der Waals surface area contributed by atoms with Crippen molar-refractivity contribution in [3.63, 3.8) is 0 Å². The highest BCUT2D eigenvalue weighted by atomic mass is 19.1. The van der Waals surface area contributed by atoms with Gasteiger partial charge in [-0.05, 0) is 19.2 Å². The minimum absolute atomic E-state index is 0.0578. The highest BCUT2D eigenvalue weighted by molar-refractivity contribution is 6.13. The maximum Gasteiger partial charge on any atom is 0.203 e. The number of likely N-dealkylation sites (N-methyl/N-ethyl adjacent to an activating group) is 1. The van der Waals surface area contributed by atoms with Crippen molar-refractivity contribution in [2.75, 3.05) is 47.4 Å². The summed E-state index contributed by atoms with van der Waals surface area (Å²) in [6.07, 6.45) is 0. The summed E-state index contributed by atoms with van der Waals surface area (Å²) in [5.41, 5.74) is 0.317. The average molecular weight is 388 g/mol. The molecule has 0 spiro atoms. The quantitative estimate of drug-likeness (QED) is 0.768. The van der Waals surface area contributed by atoms with Crippen LogP contribution in [0.3, 0.4) is 0 Å². The van der Waals surface area contributed by atoms with E-state index in [0.717, 1.165) is 26.2 Å². The number of methoxy groups -OCH3 is 2. The van der Waals surface area contributed by atoms with E-state index in [9.17, 15) is 14.3 Å². The predicted octanol–water partition coefficient (Wildman–Crippen LogP) is 2.53. The molecule has 1 heterocycles. The smallest absolute Gasteiger partial charge is 0.203 e. The van der Waals surface area contributed by atoms with E-state index in [1.165, 1.54) is 32.4 Å². The predicted molar refractivity (Wildman–Crippen MR) is 104 cm³/mol. The van der Waals surface area contributed by atoms with E-state index in [4.69, 9.17) is 9.47 Å². The summed E-state index contributed by atoms with van der Waals surface area (Å²) in [4.78, 5) is 17.4. The van der Waals surface area contributed by atoms with Crippen LogP contribution in [0.4, 0.5) is 4.39 Å². The molecule has 2 aromatic carbocycles. The van der Waals surface area contributed by atoms with Crippen LogP contribution in [-0.4, -0.2) is 68.1 Å². The SMILES string of the molecule is COc1cc(OC)c(C(=O)c2ccccc2F)c(O)c1CN1CCN(C)CC1. The fourth-order valence-corrected chi connectivity index (χ4v) is 3.39. The van der Waals surface area contributed by atoms with Gasteiger partial charge in [-0.2, -0.15) is 0 Å². The summed E-state index contributed by atoms with van der Waals surface area (Å²) >= 11 is 0. The Morgan fingerprint density at radius 2 is 1.75 bits per heavy atom. The van der Waals surface area contributed by atoms with Crippen molar-refractivity contribution in [2.45, 2.75) is 6.54 Å². The number of benzene rings is 2. The normalized spacial score (nSPS) is 15.4. The number of carbonyl (C=O) groups is 1. The molecule has 1 N–H and O–H groups in total. The van der Waals surface area contributed by atoms with Gasteiger partial charge in [-0.25, -0.2) is 4.39 Å². The minimum atomic E-state index is -0.648. The third-order valence-corrected chi connectivity index (χ3v) is 5.09. The molecule has 1 saturated heterocycles. The van der Waals surface area contributed by atoms with Gasteiger partial charge in [-0.1, -0.05) is 12.1 Å². The fourth-order valence-electron chi connectivity index (χ4n) is 3.39. The van der Waals surface area contributed by atoms with Crippen LogP contribution in [0, 0.1) is 5.82 Å². The van der Waals surface area contributed by atoms with Crippen LogP contribution < -0.4 is 9.47 Å². The molecule has 3 rings (SSSR count). The van der Waals surface area contributed by atoms with Crippen molar-refractivity contribution in [1.29, 1.82) is 0 Å². The molecular weight excluding hydrogens is 363 g/mol. The number of phenols is 1. The molecular formula is C21H25FN2O4. The zero-order valence-electron chi connectivity index (χ0n) is 16.4. The van der Waals surface area contributed by atoms with Crippen molar-refractivity contribution >= 4 is 5.78 Å². The number of ketones is 1. The summed E-state index contributed by atoms with van der Waals surface area (Å²) < 4.78 is 24.9. The summed E-state index contributed by atoms with van der Waals surface area (Å²) in [6, 6.07) is 7.26. The number of rotatable bonds is 6. The van der Waals surface area contributed by atoms with Crippen LogP contribution in [-0.2, 0) is 6.54 Å². The van der Waals surface area contributed by atoms with Crippen molar-refractivity contribution < 1.29 is 23.8 Å². The lowest BCUT2D eigenvalue weighted by molar-refractivity contribution is 0.102. The summed E-state index contributed by atoms with van der Waals surface area (Å²) in [7, 11) is 4.96. The first kappa shape index (κ1) is 20.1. The van der Waals surface area contributed by atoms with Crippen LogP contribution in [0.1, 0.15) is 21.5 Å². The number of piperazine rings is 1. The standard InChI is InChI=1S/C21H25FN2O4/c1-23-8-10-24(11-9-23)13-15-17(27-2)12-18(28-3)19(21(15)26)20(25)14-6-4-5-7-16(14)22/h4-7,12,26H,8-11,13H2,1-3H3. The fraction of sp³-hybridized carbons (Fsp3) is 0.381. The molecule has 0 bridgehead atoms. The van der Waals surface area contributed by atoms with E-state index in [-0.39, 0.29) is 22.6 Å². The van der Waals surface area contributed by atoms with Crippen molar-refractivity contribution in [1.82, 2.24) is 9.80 Å². The van der Waals surface area contributed by atoms with Crippen molar-refractivity contribution in [3.05, 3.63) is 52.8 Å². The maximum atomic E-state index is 14.2. The zero-order valence-corrected chi connectivity index (χ0v) is 16.4. The minimum Gasteiger partial charge on any atom is -0.507 e. The average Bonchev–Trinajstić information content (AvgIpc) is 2.70. The van der Waals surface area contributed by atoms with E-state index >= 15 is 0 Å². The van der Waals surface area contributed by atoms with Crippen molar-refractivity contribution in [3.8, 4) is 17.2 Å². The molecule has 6 nitrogen and oxygen atoms in total. The molecule has 1 aliphatic heterocycles. The Morgan fingerprint density at radius 3 is 2.36 bits per heavy atom.